The van der Waals surface area contributed by atoms with E-state index in [4.69, 9.17) is 0 Å². The van der Waals surface area contributed by atoms with E-state index in [1.807, 2.05) is 0 Å². The molecule has 2 aromatic carbocycles. The summed E-state index contributed by atoms with van der Waals surface area (Å²) < 4.78 is 39.8. The van der Waals surface area contributed by atoms with Crippen molar-refractivity contribution in [2.75, 3.05) is 25.5 Å². The number of carbonyl (C=O) groups is 2. The van der Waals surface area contributed by atoms with Crippen LogP contribution in [0, 0.1) is 18.7 Å². The molecule has 0 unspecified atom stereocenters. The van der Waals surface area contributed by atoms with Gasteiger partial charge in [0.2, 0.25) is 15.9 Å². The number of anilines is 1. The molecule has 0 spiro atoms. The fraction of sp³-hybridized carbons (Fsp3) is 0.333. The summed E-state index contributed by atoms with van der Waals surface area (Å²) in [6, 6.07) is 9.82. The summed E-state index contributed by atoms with van der Waals surface area (Å²) in [5.74, 6) is -1.28. The molecule has 0 bridgehead atoms. The molecule has 3 rings (SSSR count). The Kier molecular flexibility index (Phi) is 6.52. The summed E-state index contributed by atoms with van der Waals surface area (Å²) in [6.07, 6.45) is 0.751. The maximum Gasteiger partial charge on any atom is 0.251 e. The van der Waals surface area contributed by atoms with Crippen molar-refractivity contribution in [3.8, 4) is 0 Å². The predicted molar refractivity (Wildman–Crippen MR) is 111 cm³/mol. The fourth-order valence-corrected chi connectivity index (χ4v) is 4.97. The minimum atomic E-state index is -3.72. The highest BCUT2D eigenvalue weighted by atomic mass is 32.2. The summed E-state index contributed by atoms with van der Waals surface area (Å²) >= 11 is 0. The van der Waals surface area contributed by atoms with E-state index in [0.717, 1.165) is 12.1 Å². The van der Waals surface area contributed by atoms with Crippen LogP contribution in [0.3, 0.4) is 0 Å². The summed E-state index contributed by atoms with van der Waals surface area (Å²) in [6.45, 7) is 2.17. The predicted octanol–water partition coefficient (Wildman–Crippen LogP) is 2.53. The quantitative estimate of drug-likeness (QED) is 0.758. The standard InChI is InChI=1S/C21H24FN3O4S/c1-14-18(21(27)23-2)4-3-5-19(14)24-20(26)15-10-12-25(13-11-15)30(28,29)17-8-6-16(22)7-9-17/h3-9,15H,10-13H2,1-2H3,(H,23,27)(H,24,26). The molecule has 1 fully saturated rings. The van der Waals surface area contributed by atoms with Gasteiger partial charge < -0.3 is 10.6 Å². The average Bonchev–Trinajstić information content (AvgIpc) is 2.75. The minimum Gasteiger partial charge on any atom is -0.355 e. The van der Waals surface area contributed by atoms with Crippen LogP contribution in [0.25, 0.3) is 0 Å². The van der Waals surface area contributed by atoms with E-state index in [1.165, 1.54) is 16.4 Å². The number of rotatable bonds is 5. The molecule has 2 amide bonds. The van der Waals surface area contributed by atoms with Gasteiger partial charge in [-0.2, -0.15) is 4.31 Å². The SMILES string of the molecule is CNC(=O)c1cccc(NC(=O)C2CCN(S(=O)(=O)c3ccc(F)cc3)CC2)c1C. The highest BCUT2D eigenvalue weighted by Gasteiger charge is 2.32. The van der Waals surface area contributed by atoms with Crippen LogP contribution in [0.5, 0.6) is 0 Å². The second kappa shape index (κ2) is 8.93. The van der Waals surface area contributed by atoms with Gasteiger partial charge in [0.1, 0.15) is 5.82 Å². The van der Waals surface area contributed by atoms with Gasteiger partial charge in [0.15, 0.2) is 0 Å². The first kappa shape index (κ1) is 21.9. The fourth-order valence-electron chi connectivity index (χ4n) is 3.50. The van der Waals surface area contributed by atoms with Crippen molar-refractivity contribution >= 4 is 27.5 Å². The van der Waals surface area contributed by atoms with Crippen LogP contribution in [0.2, 0.25) is 0 Å². The summed E-state index contributed by atoms with van der Waals surface area (Å²) in [4.78, 5) is 24.7. The van der Waals surface area contributed by atoms with Gasteiger partial charge >= 0.3 is 0 Å². The van der Waals surface area contributed by atoms with Crippen LogP contribution in [0.1, 0.15) is 28.8 Å². The first-order valence-electron chi connectivity index (χ1n) is 9.62. The number of hydrogen-bond donors (Lipinski definition) is 2. The molecule has 1 heterocycles. The van der Waals surface area contributed by atoms with Crippen LogP contribution in [0.4, 0.5) is 10.1 Å². The number of halogens is 1. The van der Waals surface area contributed by atoms with Crippen molar-refractivity contribution in [1.29, 1.82) is 0 Å². The molecule has 30 heavy (non-hydrogen) atoms. The monoisotopic (exact) mass is 433 g/mol. The molecule has 160 valence electrons. The largest absolute Gasteiger partial charge is 0.355 e. The average molecular weight is 434 g/mol. The number of amides is 2. The van der Waals surface area contributed by atoms with Gasteiger partial charge in [-0.05, 0) is 61.7 Å². The van der Waals surface area contributed by atoms with E-state index in [0.29, 0.717) is 29.7 Å². The normalized spacial score (nSPS) is 15.6. The van der Waals surface area contributed by atoms with Crippen LogP contribution in [-0.4, -0.2) is 44.7 Å². The molecule has 0 saturated carbocycles. The molecule has 9 heteroatoms. The summed E-state index contributed by atoms with van der Waals surface area (Å²) in [7, 11) is -2.18. The third-order valence-corrected chi connectivity index (χ3v) is 7.25. The van der Waals surface area contributed by atoms with Gasteiger partial charge in [-0.1, -0.05) is 6.07 Å². The van der Waals surface area contributed by atoms with E-state index in [1.54, 1.807) is 32.2 Å². The lowest BCUT2D eigenvalue weighted by Gasteiger charge is -2.30. The van der Waals surface area contributed by atoms with Crippen LogP contribution in [0.15, 0.2) is 47.4 Å². The van der Waals surface area contributed by atoms with E-state index < -0.39 is 15.8 Å². The number of nitrogens with zero attached hydrogens (tertiary/aromatic N) is 1. The van der Waals surface area contributed by atoms with Gasteiger partial charge in [-0.15, -0.1) is 0 Å². The maximum atomic E-state index is 13.1. The zero-order valence-electron chi connectivity index (χ0n) is 16.8. The molecule has 0 aliphatic carbocycles. The van der Waals surface area contributed by atoms with Crippen LogP contribution in [-0.2, 0) is 14.8 Å². The maximum absolute atomic E-state index is 13.1. The molecule has 1 saturated heterocycles. The Morgan fingerprint density at radius 2 is 1.70 bits per heavy atom. The van der Waals surface area contributed by atoms with Crippen molar-refractivity contribution in [2.45, 2.75) is 24.7 Å². The van der Waals surface area contributed by atoms with Crippen LogP contribution < -0.4 is 10.6 Å². The van der Waals surface area contributed by atoms with Gasteiger partial charge in [0, 0.05) is 37.3 Å². The Labute approximate surface area is 175 Å². The number of carbonyl (C=O) groups excluding carboxylic acids is 2. The van der Waals surface area contributed by atoms with E-state index in [9.17, 15) is 22.4 Å². The van der Waals surface area contributed by atoms with Gasteiger partial charge in [0.05, 0.1) is 4.90 Å². The van der Waals surface area contributed by atoms with E-state index in [2.05, 4.69) is 10.6 Å². The Balaban J connectivity index is 1.65. The Bertz CT molecular complexity index is 1050. The van der Waals surface area contributed by atoms with Crippen molar-refractivity contribution in [2.24, 2.45) is 5.92 Å². The van der Waals surface area contributed by atoms with Gasteiger partial charge in [-0.3, -0.25) is 9.59 Å². The van der Waals surface area contributed by atoms with Gasteiger partial charge in [0.25, 0.3) is 5.91 Å². The smallest absolute Gasteiger partial charge is 0.251 e. The zero-order chi connectivity index (χ0) is 21.9. The first-order valence-corrected chi connectivity index (χ1v) is 11.1. The van der Waals surface area contributed by atoms with E-state index >= 15 is 0 Å². The van der Waals surface area contributed by atoms with Gasteiger partial charge in [-0.25, -0.2) is 12.8 Å². The number of piperidine rings is 1. The molecule has 7 nitrogen and oxygen atoms in total. The molecule has 0 radical (unpaired) electrons. The molecule has 1 aliphatic rings. The highest BCUT2D eigenvalue weighted by molar-refractivity contribution is 7.89. The topological polar surface area (TPSA) is 95.6 Å². The van der Waals surface area contributed by atoms with Crippen molar-refractivity contribution < 1.29 is 22.4 Å². The number of benzene rings is 2. The first-order chi connectivity index (χ1) is 14.2. The van der Waals surface area contributed by atoms with Crippen molar-refractivity contribution in [3.63, 3.8) is 0 Å². The lowest BCUT2D eigenvalue weighted by molar-refractivity contribution is -0.120. The molecule has 1 aliphatic heterocycles. The molecule has 0 aromatic heterocycles. The lowest BCUT2D eigenvalue weighted by Crippen LogP contribution is -2.41. The third kappa shape index (κ3) is 4.52. The Morgan fingerprint density at radius 1 is 1.07 bits per heavy atom. The minimum absolute atomic E-state index is 0.0356. The number of hydrogen-bond acceptors (Lipinski definition) is 4. The molecular formula is C21H24FN3O4S. The summed E-state index contributed by atoms with van der Waals surface area (Å²) in [5, 5.41) is 5.43. The van der Waals surface area contributed by atoms with Crippen molar-refractivity contribution in [1.82, 2.24) is 9.62 Å². The van der Waals surface area contributed by atoms with E-state index in [-0.39, 0.29) is 35.7 Å². The molecular weight excluding hydrogens is 409 g/mol. The highest BCUT2D eigenvalue weighted by Crippen LogP contribution is 2.26. The molecule has 2 N–H and O–H groups in total. The van der Waals surface area contributed by atoms with Crippen LogP contribution >= 0.6 is 0 Å². The second-order valence-electron chi connectivity index (χ2n) is 7.18. The third-order valence-electron chi connectivity index (χ3n) is 5.34. The Morgan fingerprint density at radius 3 is 2.30 bits per heavy atom. The number of nitrogens with one attached hydrogen (secondary N) is 2. The lowest BCUT2D eigenvalue weighted by atomic mass is 9.96. The zero-order valence-corrected chi connectivity index (χ0v) is 17.6. The summed E-state index contributed by atoms with van der Waals surface area (Å²) in [5.41, 5.74) is 1.71. The second-order valence-corrected chi connectivity index (χ2v) is 9.12. The molecule has 0 atom stereocenters. The number of sulfonamides is 1. The van der Waals surface area contributed by atoms with Crippen molar-refractivity contribution in [3.05, 3.63) is 59.4 Å². The molecule has 2 aromatic rings. The Hall–Kier alpha value is -2.78.